The van der Waals surface area contributed by atoms with Gasteiger partial charge in [-0.3, -0.25) is 14.6 Å². The molecular weight excluding hydrogens is 332 g/mol. The summed E-state index contributed by atoms with van der Waals surface area (Å²) in [6.45, 7) is 9.48. The van der Waals surface area contributed by atoms with Crippen molar-refractivity contribution in [1.29, 1.82) is 0 Å². The second-order valence-corrected chi connectivity index (χ2v) is 7.10. The average molecular weight is 358 g/mol. The highest BCUT2D eigenvalue weighted by atomic mass is 16.5. The maximum absolute atomic E-state index is 12.7. The Balaban J connectivity index is 2.09. The van der Waals surface area contributed by atoms with Crippen LogP contribution in [0.2, 0.25) is 0 Å². The van der Waals surface area contributed by atoms with E-state index < -0.39 is 0 Å². The minimum atomic E-state index is -0.275. The third-order valence-electron chi connectivity index (χ3n) is 3.59. The Hall–Kier alpha value is -2.70. The fraction of sp³-hybridized carbons (Fsp3) is 0.474. The molecule has 2 heterocycles. The third kappa shape index (κ3) is 5.68. The first-order chi connectivity index (χ1) is 12.4. The second kappa shape index (κ2) is 9.12. The number of carbonyl (C=O) groups is 2. The lowest BCUT2D eigenvalue weighted by Crippen LogP contribution is -2.33. The van der Waals surface area contributed by atoms with Crippen molar-refractivity contribution in [2.75, 3.05) is 13.1 Å². The number of hydrogen-bond acceptors (Lipinski definition) is 5. The van der Waals surface area contributed by atoms with Crippen molar-refractivity contribution < 1.29 is 14.1 Å². The van der Waals surface area contributed by atoms with E-state index in [1.165, 1.54) is 0 Å². The topological polar surface area (TPSA) is 88.3 Å². The molecule has 0 aliphatic carbocycles. The number of amides is 2. The van der Waals surface area contributed by atoms with E-state index in [0.717, 1.165) is 0 Å². The summed E-state index contributed by atoms with van der Waals surface area (Å²) in [5.41, 5.74) is 0.738. The number of hydrogen-bond donors (Lipinski definition) is 1. The zero-order valence-electron chi connectivity index (χ0n) is 15.7. The minimum Gasteiger partial charge on any atom is -0.359 e. The molecule has 0 spiro atoms. The van der Waals surface area contributed by atoms with Crippen LogP contribution in [-0.2, 0) is 6.54 Å². The Bertz CT molecular complexity index is 725. The van der Waals surface area contributed by atoms with Crippen LogP contribution in [0.15, 0.2) is 35.1 Å². The van der Waals surface area contributed by atoms with Crippen LogP contribution in [0.3, 0.4) is 0 Å². The molecule has 0 bridgehead atoms. The lowest BCUT2D eigenvalue weighted by atomic mass is 10.1. The molecule has 0 radical (unpaired) electrons. The molecule has 1 N–H and O–H groups in total. The van der Waals surface area contributed by atoms with Gasteiger partial charge in [0.05, 0.1) is 12.1 Å². The summed E-state index contributed by atoms with van der Waals surface area (Å²) in [5.74, 6) is 0.700. The molecule has 0 unspecified atom stereocenters. The molecule has 0 atom stereocenters. The Morgan fingerprint density at radius 3 is 2.62 bits per heavy atom. The molecule has 2 aromatic rings. The molecule has 0 saturated carbocycles. The lowest BCUT2D eigenvalue weighted by molar-refractivity contribution is 0.0705. The van der Waals surface area contributed by atoms with Gasteiger partial charge in [0, 0.05) is 31.5 Å². The molecule has 0 fully saturated rings. The predicted octanol–water partition coefficient (Wildman–Crippen LogP) is 2.75. The number of aromatic nitrogens is 2. The fourth-order valence-electron chi connectivity index (χ4n) is 2.40. The number of nitrogens with zero attached hydrogens (tertiary/aromatic N) is 3. The first-order valence-electron chi connectivity index (χ1n) is 8.80. The summed E-state index contributed by atoms with van der Waals surface area (Å²) in [7, 11) is 0. The fourth-order valence-corrected chi connectivity index (χ4v) is 2.40. The highest BCUT2D eigenvalue weighted by molar-refractivity contribution is 5.94. The molecule has 2 rings (SSSR count). The Morgan fingerprint density at radius 2 is 2.00 bits per heavy atom. The lowest BCUT2D eigenvalue weighted by Gasteiger charge is -2.23. The quantitative estimate of drug-likeness (QED) is 0.784. The Kier molecular flexibility index (Phi) is 6.89. The van der Waals surface area contributed by atoms with E-state index in [-0.39, 0.29) is 30.0 Å². The zero-order chi connectivity index (χ0) is 19.1. The number of nitrogens with one attached hydrogen (secondary N) is 1. The number of carbonyl (C=O) groups excluding carboxylic acids is 2. The summed E-state index contributed by atoms with van der Waals surface area (Å²) in [5, 5.41) is 6.62. The molecule has 26 heavy (non-hydrogen) atoms. The van der Waals surface area contributed by atoms with Gasteiger partial charge < -0.3 is 14.7 Å². The van der Waals surface area contributed by atoms with E-state index in [2.05, 4.69) is 15.5 Å². The van der Waals surface area contributed by atoms with Gasteiger partial charge in [-0.05, 0) is 24.0 Å². The van der Waals surface area contributed by atoms with Gasteiger partial charge in [0.1, 0.15) is 0 Å². The molecule has 0 aliphatic rings. The standard InChI is InChI=1S/C19H26N4O3/c1-13(2)9-21-18(24)17-8-16(26-22-17)12-23(11-14(3)4)19(25)15-6-5-7-20-10-15/h5-8,10,13-14H,9,11-12H2,1-4H3,(H,21,24). The van der Waals surface area contributed by atoms with Crippen molar-refractivity contribution in [1.82, 2.24) is 20.4 Å². The SMILES string of the molecule is CC(C)CNC(=O)c1cc(CN(CC(C)C)C(=O)c2cccnc2)on1. The van der Waals surface area contributed by atoms with Crippen molar-refractivity contribution in [3.8, 4) is 0 Å². The van der Waals surface area contributed by atoms with E-state index in [4.69, 9.17) is 4.52 Å². The van der Waals surface area contributed by atoms with E-state index in [9.17, 15) is 9.59 Å². The van der Waals surface area contributed by atoms with Crippen molar-refractivity contribution in [3.05, 3.63) is 47.6 Å². The first-order valence-corrected chi connectivity index (χ1v) is 8.80. The summed E-state index contributed by atoms with van der Waals surface area (Å²) < 4.78 is 5.27. The van der Waals surface area contributed by atoms with Gasteiger partial charge in [-0.15, -0.1) is 0 Å². The largest absolute Gasteiger partial charge is 0.359 e. The molecule has 0 aliphatic heterocycles. The van der Waals surface area contributed by atoms with Gasteiger partial charge in [0.2, 0.25) is 0 Å². The highest BCUT2D eigenvalue weighted by Gasteiger charge is 2.21. The summed E-state index contributed by atoms with van der Waals surface area (Å²) >= 11 is 0. The van der Waals surface area contributed by atoms with Crippen molar-refractivity contribution in [3.63, 3.8) is 0 Å². The van der Waals surface area contributed by atoms with Crippen LogP contribution < -0.4 is 5.32 Å². The molecule has 140 valence electrons. The Morgan fingerprint density at radius 1 is 1.23 bits per heavy atom. The smallest absolute Gasteiger partial charge is 0.273 e. The van der Waals surface area contributed by atoms with Crippen molar-refractivity contribution in [2.24, 2.45) is 11.8 Å². The van der Waals surface area contributed by atoms with Crippen LogP contribution in [0, 0.1) is 11.8 Å². The summed E-state index contributed by atoms with van der Waals surface area (Å²) in [6, 6.07) is 5.04. The molecule has 2 aromatic heterocycles. The normalized spacial score (nSPS) is 11.0. The van der Waals surface area contributed by atoms with Crippen LogP contribution in [0.4, 0.5) is 0 Å². The van der Waals surface area contributed by atoms with E-state index in [1.54, 1.807) is 35.5 Å². The third-order valence-corrected chi connectivity index (χ3v) is 3.59. The van der Waals surface area contributed by atoms with E-state index in [0.29, 0.717) is 30.3 Å². The van der Waals surface area contributed by atoms with Gasteiger partial charge in [0.15, 0.2) is 11.5 Å². The van der Waals surface area contributed by atoms with E-state index in [1.807, 2.05) is 27.7 Å². The van der Waals surface area contributed by atoms with Crippen LogP contribution in [0.5, 0.6) is 0 Å². The van der Waals surface area contributed by atoms with Crippen LogP contribution in [0.25, 0.3) is 0 Å². The maximum Gasteiger partial charge on any atom is 0.273 e. The molecule has 0 aromatic carbocycles. The number of rotatable bonds is 8. The Labute approximate surface area is 153 Å². The zero-order valence-corrected chi connectivity index (χ0v) is 15.7. The van der Waals surface area contributed by atoms with Gasteiger partial charge in [-0.2, -0.15) is 0 Å². The van der Waals surface area contributed by atoms with Crippen LogP contribution in [-0.4, -0.2) is 39.9 Å². The average Bonchev–Trinajstić information content (AvgIpc) is 3.07. The van der Waals surface area contributed by atoms with Gasteiger partial charge in [-0.25, -0.2) is 0 Å². The summed E-state index contributed by atoms with van der Waals surface area (Å²) in [4.78, 5) is 30.5. The van der Waals surface area contributed by atoms with Crippen LogP contribution >= 0.6 is 0 Å². The van der Waals surface area contributed by atoms with Crippen molar-refractivity contribution in [2.45, 2.75) is 34.2 Å². The monoisotopic (exact) mass is 358 g/mol. The predicted molar refractivity (Wildman–Crippen MR) is 97.5 cm³/mol. The van der Waals surface area contributed by atoms with E-state index >= 15 is 0 Å². The van der Waals surface area contributed by atoms with Crippen molar-refractivity contribution >= 4 is 11.8 Å². The first kappa shape index (κ1) is 19.6. The molecule has 2 amide bonds. The van der Waals surface area contributed by atoms with Gasteiger partial charge in [0.25, 0.3) is 11.8 Å². The maximum atomic E-state index is 12.7. The molecule has 7 heteroatoms. The highest BCUT2D eigenvalue weighted by Crippen LogP contribution is 2.13. The summed E-state index contributed by atoms with van der Waals surface area (Å²) in [6.07, 6.45) is 3.17. The van der Waals surface area contributed by atoms with Crippen LogP contribution in [0.1, 0.15) is 54.3 Å². The molecule has 0 saturated heterocycles. The number of pyridine rings is 1. The second-order valence-electron chi connectivity index (χ2n) is 7.10. The van der Waals surface area contributed by atoms with Gasteiger partial charge >= 0.3 is 0 Å². The minimum absolute atomic E-state index is 0.131. The van der Waals surface area contributed by atoms with Gasteiger partial charge in [-0.1, -0.05) is 32.9 Å². The molecular formula is C19H26N4O3. The molecule has 7 nitrogen and oxygen atoms in total.